The molecule has 0 bridgehead atoms. The number of hydrogen-bond donors (Lipinski definition) is 0. The van der Waals surface area contributed by atoms with Crippen LogP contribution in [0, 0.1) is 17.6 Å². The first-order valence-corrected chi connectivity index (χ1v) is 6.77. The maximum atomic E-state index is 13.8. The number of anilines is 1. The Morgan fingerprint density at radius 1 is 1.47 bits per heavy atom. The zero-order chi connectivity index (χ0) is 14.0. The van der Waals surface area contributed by atoms with Crippen molar-refractivity contribution in [3.05, 3.63) is 28.2 Å². The van der Waals surface area contributed by atoms with Gasteiger partial charge in [-0.15, -0.1) is 0 Å². The Bertz CT molecular complexity index is 473. The summed E-state index contributed by atoms with van der Waals surface area (Å²) in [5.41, 5.74) is -0.0180. The van der Waals surface area contributed by atoms with Gasteiger partial charge in [0.2, 0.25) is 0 Å². The van der Waals surface area contributed by atoms with Crippen LogP contribution in [0.3, 0.4) is 0 Å². The van der Waals surface area contributed by atoms with Crippen molar-refractivity contribution in [3.63, 3.8) is 0 Å². The third-order valence-electron chi connectivity index (χ3n) is 3.27. The first-order valence-electron chi connectivity index (χ1n) is 5.97. The lowest BCUT2D eigenvalue weighted by atomic mass is 10.1. The number of halogens is 3. The van der Waals surface area contributed by atoms with E-state index >= 15 is 0 Å². The topological polar surface area (TPSA) is 29.5 Å². The Kier molecular flexibility index (Phi) is 4.39. The van der Waals surface area contributed by atoms with E-state index in [1.54, 1.807) is 4.90 Å². The highest BCUT2D eigenvalue weighted by Crippen LogP contribution is 2.32. The molecule has 104 valence electrons. The molecule has 0 aliphatic carbocycles. The fraction of sp³-hybridized carbons (Fsp3) is 0.462. The molecule has 1 aromatic carbocycles. The van der Waals surface area contributed by atoms with Gasteiger partial charge in [0, 0.05) is 17.6 Å². The lowest BCUT2D eigenvalue weighted by Gasteiger charge is -2.20. The summed E-state index contributed by atoms with van der Waals surface area (Å²) < 4.78 is 32.6. The van der Waals surface area contributed by atoms with Crippen LogP contribution in [0.2, 0.25) is 0 Å². The molecule has 0 amide bonds. The molecule has 6 heteroatoms. The Hall–Kier alpha value is -1.17. The van der Waals surface area contributed by atoms with Gasteiger partial charge in [-0.1, -0.05) is 15.9 Å². The van der Waals surface area contributed by atoms with Crippen molar-refractivity contribution in [3.8, 4) is 0 Å². The van der Waals surface area contributed by atoms with Crippen LogP contribution in [-0.4, -0.2) is 26.2 Å². The van der Waals surface area contributed by atoms with Crippen LogP contribution in [0.1, 0.15) is 12.8 Å². The highest BCUT2D eigenvalue weighted by atomic mass is 79.9. The van der Waals surface area contributed by atoms with Crippen LogP contribution in [0.5, 0.6) is 0 Å². The summed E-state index contributed by atoms with van der Waals surface area (Å²) in [5.74, 6) is -1.39. The van der Waals surface area contributed by atoms with Crippen molar-refractivity contribution in [2.75, 3.05) is 25.1 Å². The highest BCUT2D eigenvalue weighted by molar-refractivity contribution is 9.10. The van der Waals surface area contributed by atoms with Gasteiger partial charge in [0.25, 0.3) is 0 Å². The first-order chi connectivity index (χ1) is 9.01. The second-order valence-corrected chi connectivity index (χ2v) is 5.51. The summed E-state index contributed by atoms with van der Waals surface area (Å²) in [6.45, 7) is 1.00. The van der Waals surface area contributed by atoms with Gasteiger partial charge in [-0.2, -0.15) is 0 Å². The SMILES string of the molecule is COC(=O)CC1CCN(c2c(F)cc(Br)cc2F)C1. The number of rotatable bonds is 3. The third-order valence-corrected chi connectivity index (χ3v) is 3.72. The zero-order valence-corrected chi connectivity index (χ0v) is 12.0. The summed E-state index contributed by atoms with van der Waals surface area (Å²) in [6, 6.07) is 2.48. The molecule has 0 radical (unpaired) electrons. The number of esters is 1. The van der Waals surface area contributed by atoms with E-state index in [-0.39, 0.29) is 24.0 Å². The van der Waals surface area contributed by atoms with Crippen molar-refractivity contribution in [2.24, 2.45) is 5.92 Å². The van der Waals surface area contributed by atoms with Crippen LogP contribution >= 0.6 is 15.9 Å². The minimum atomic E-state index is -0.592. The molecule has 1 fully saturated rings. The predicted molar refractivity (Wildman–Crippen MR) is 71.0 cm³/mol. The lowest BCUT2D eigenvalue weighted by molar-refractivity contribution is -0.141. The lowest BCUT2D eigenvalue weighted by Crippen LogP contribution is -2.23. The van der Waals surface area contributed by atoms with Crippen LogP contribution in [-0.2, 0) is 9.53 Å². The molecule has 19 heavy (non-hydrogen) atoms. The van der Waals surface area contributed by atoms with Gasteiger partial charge in [0.1, 0.15) is 5.69 Å². The van der Waals surface area contributed by atoms with Crippen molar-refractivity contribution >= 4 is 27.6 Å². The van der Waals surface area contributed by atoms with Crippen LogP contribution in [0.4, 0.5) is 14.5 Å². The van der Waals surface area contributed by atoms with Crippen molar-refractivity contribution < 1.29 is 18.3 Å². The summed E-state index contributed by atoms with van der Waals surface area (Å²) in [7, 11) is 1.34. The molecule has 1 aliphatic heterocycles. The van der Waals surface area contributed by atoms with E-state index in [1.807, 2.05) is 0 Å². The third kappa shape index (κ3) is 3.23. The number of ether oxygens (including phenoxy) is 1. The average molecular weight is 334 g/mol. The normalized spacial score (nSPS) is 18.7. The highest BCUT2D eigenvalue weighted by Gasteiger charge is 2.28. The molecular formula is C13H14BrF2NO2. The van der Waals surface area contributed by atoms with E-state index in [9.17, 15) is 13.6 Å². The maximum absolute atomic E-state index is 13.8. The maximum Gasteiger partial charge on any atom is 0.305 e. The van der Waals surface area contributed by atoms with E-state index < -0.39 is 11.6 Å². The van der Waals surface area contributed by atoms with Gasteiger partial charge in [-0.05, 0) is 24.5 Å². The van der Waals surface area contributed by atoms with Gasteiger partial charge in [0.05, 0.1) is 13.5 Å². The summed E-state index contributed by atoms with van der Waals surface area (Å²) in [5, 5.41) is 0. The molecule has 0 saturated carbocycles. The van der Waals surface area contributed by atoms with E-state index in [4.69, 9.17) is 0 Å². The molecule has 1 unspecified atom stereocenters. The Morgan fingerprint density at radius 3 is 2.68 bits per heavy atom. The fourth-order valence-corrected chi connectivity index (χ4v) is 2.76. The van der Waals surface area contributed by atoms with Crippen molar-refractivity contribution in [1.29, 1.82) is 0 Å². The van der Waals surface area contributed by atoms with E-state index in [2.05, 4.69) is 20.7 Å². The monoisotopic (exact) mass is 333 g/mol. The fourth-order valence-electron chi connectivity index (χ4n) is 2.36. The number of hydrogen-bond acceptors (Lipinski definition) is 3. The quantitative estimate of drug-likeness (QED) is 0.796. The largest absolute Gasteiger partial charge is 0.469 e. The van der Waals surface area contributed by atoms with Crippen LogP contribution < -0.4 is 4.90 Å². The standard InChI is InChI=1S/C13H14BrF2NO2/c1-19-12(18)4-8-2-3-17(7-8)13-10(15)5-9(14)6-11(13)16/h5-6,8H,2-4,7H2,1H3. The molecule has 3 nitrogen and oxygen atoms in total. The summed E-state index contributed by atoms with van der Waals surface area (Å²) in [4.78, 5) is 12.8. The van der Waals surface area contributed by atoms with Gasteiger partial charge < -0.3 is 9.64 Å². The minimum Gasteiger partial charge on any atom is -0.469 e. The zero-order valence-electron chi connectivity index (χ0n) is 10.5. The Labute approximate surface area is 118 Å². The van der Waals surface area contributed by atoms with E-state index in [1.165, 1.54) is 19.2 Å². The Balaban J connectivity index is 2.11. The van der Waals surface area contributed by atoms with Crippen LogP contribution in [0.15, 0.2) is 16.6 Å². The number of methoxy groups -OCH3 is 1. The molecule has 0 spiro atoms. The number of nitrogens with zero attached hydrogens (tertiary/aromatic N) is 1. The second kappa shape index (κ2) is 5.86. The summed E-state index contributed by atoms with van der Waals surface area (Å²) >= 11 is 3.05. The molecule has 1 aliphatic rings. The summed E-state index contributed by atoms with van der Waals surface area (Å²) in [6.07, 6.45) is 1.01. The first kappa shape index (κ1) is 14.2. The second-order valence-electron chi connectivity index (χ2n) is 4.60. The predicted octanol–water partition coefficient (Wildman–Crippen LogP) is 3.12. The van der Waals surface area contributed by atoms with Crippen molar-refractivity contribution in [1.82, 2.24) is 0 Å². The van der Waals surface area contributed by atoms with Gasteiger partial charge in [-0.3, -0.25) is 4.79 Å². The van der Waals surface area contributed by atoms with E-state index in [0.29, 0.717) is 17.6 Å². The van der Waals surface area contributed by atoms with Gasteiger partial charge in [-0.25, -0.2) is 8.78 Å². The Morgan fingerprint density at radius 2 is 2.11 bits per heavy atom. The molecule has 1 atom stereocenters. The van der Waals surface area contributed by atoms with E-state index in [0.717, 1.165) is 6.42 Å². The number of carbonyl (C=O) groups is 1. The van der Waals surface area contributed by atoms with Gasteiger partial charge in [0.15, 0.2) is 11.6 Å². The van der Waals surface area contributed by atoms with Gasteiger partial charge >= 0.3 is 5.97 Å². The van der Waals surface area contributed by atoms with Crippen LogP contribution in [0.25, 0.3) is 0 Å². The molecular weight excluding hydrogens is 320 g/mol. The molecule has 1 aromatic rings. The molecule has 2 rings (SSSR count). The molecule has 1 heterocycles. The number of carbonyl (C=O) groups excluding carboxylic acids is 1. The molecule has 0 aromatic heterocycles. The smallest absolute Gasteiger partial charge is 0.305 e. The van der Waals surface area contributed by atoms with Crippen molar-refractivity contribution in [2.45, 2.75) is 12.8 Å². The minimum absolute atomic E-state index is 0.0180. The molecule has 1 saturated heterocycles. The molecule has 0 N–H and O–H groups in total. The average Bonchev–Trinajstić information content (AvgIpc) is 2.75. The number of benzene rings is 1.